The highest BCUT2D eigenvalue weighted by Crippen LogP contribution is 2.24. The Kier molecular flexibility index (Phi) is 4.53. The third kappa shape index (κ3) is 3.84. The van der Waals surface area contributed by atoms with Gasteiger partial charge < -0.3 is 5.32 Å². The summed E-state index contributed by atoms with van der Waals surface area (Å²) in [4.78, 5) is 13.8. The molecule has 0 saturated carbocycles. The van der Waals surface area contributed by atoms with Gasteiger partial charge in [0, 0.05) is 36.1 Å². The number of hydrogen-bond acceptors (Lipinski definition) is 5. The molecule has 0 fully saturated rings. The van der Waals surface area contributed by atoms with Crippen molar-refractivity contribution >= 4 is 17.2 Å². The summed E-state index contributed by atoms with van der Waals surface area (Å²) in [6.07, 6.45) is 7.57. The highest BCUT2D eigenvalue weighted by atomic mass is 15.2. The summed E-state index contributed by atoms with van der Waals surface area (Å²) in [5.41, 5.74) is 4.81. The molecule has 0 amide bonds. The molecule has 3 rings (SSSR count). The molecule has 0 spiro atoms. The Bertz CT molecular complexity index is 917. The first kappa shape index (κ1) is 17.1. The quantitative estimate of drug-likeness (QED) is 0.786. The number of nitrogens with zero attached hydrogens (tertiary/aromatic N) is 5. The van der Waals surface area contributed by atoms with Crippen LogP contribution in [0.4, 0.5) is 5.95 Å². The molecular weight excluding hydrogens is 312 g/mol. The Morgan fingerprint density at radius 2 is 2.04 bits per heavy atom. The van der Waals surface area contributed by atoms with E-state index in [2.05, 4.69) is 46.1 Å². The van der Waals surface area contributed by atoms with Crippen LogP contribution in [0.25, 0.3) is 11.2 Å². The second-order valence-electron chi connectivity index (χ2n) is 7.26. The molecule has 0 unspecified atom stereocenters. The molecule has 0 aliphatic carbocycles. The fraction of sp³-hybridized carbons (Fsp3) is 0.368. The van der Waals surface area contributed by atoms with Crippen molar-refractivity contribution in [3.63, 3.8) is 0 Å². The lowest BCUT2D eigenvalue weighted by Gasteiger charge is -2.19. The lowest BCUT2D eigenvalue weighted by atomic mass is 9.97. The highest BCUT2D eigenvalue weighted by molar-refractivity contribution is 5.79. The van der Waals surface area contributed by atoms with Crippen LogP contribution in [-0.2, 0) is 0 Å². The van der Waals surface area contributed by atoms with Crippen LogP contribution in [-0.4, -0.2) is 31.1 Å². The number of aromatic nitrogens is 5. The molecule has 0 saturated heterocycles. The molecule has 6 nitrogen and oxygen atoms in total. The second kappa shape index (κ2) is 6.63. The Morgan fingerprint density at radius 3 is 2.72 bits per heavy atom. The zero-order valence-electron chi connectivity index (χ0n) is 15.4. The largest absolute Gasteiger partial charge is 0.354 e. The number of allylic oxidation sites excluding steroid dienone is 1. The predicted octanol–water partition coefficient (Wildman–Crippen LogP) is 3.74. The van der Waals surface area contributed by atoms with Gasteiger partial charge in [-0.2, -0.15) is 5.10 Å². The van der Waals surface area contributed by atoms with Crippen LogP contribution in [0.2, 0.25) is 0 Å². The first-order chi connectivity index (χ1) is 11.9. The maximum absolute atomic E-state index is 4.68. The fourth-order valence-corrected chi connectivity index (χ4v) is 2.56. The standard InChI is InChI=1S/C19H24N6/c1-6-14(16-8-10-25-17(24-16)7-9-22-25)15-11-20-18(23-13(15)2)21-12-19(3,4)5/h6-11H,12H2,1-5H3,(H,20,21,23)/b14-6+. The summed E-state index contributed by atoms with van der Waals surface area (Å²) in [7, 11) is 0. The molecule has 0 radical (unpaired) electrons. The summed E-state index contributed by atoms with van der Waals surface area (Å²) in [6.45, 7) is 11.4. The van der Waals surface area contributed by atoms with Crippen molar-refractivity contribution in [1.29, 1.82) is 0 Å². The van der Waals surface area contributed by atoms with Gasteiger partial charge in [0.25, 0.3) is 0 Å². The van der Waals surface area contributed by atoms with Crippen LogP contribution in [0, 0.1) is 12.3 Å². The zero-order chi connectivity index (χ0) is 18.0. The van der Waals surface area contributed by atoms with Crippen molar-refractivity contribution in [2.75, 3.05) is 11.9 Å². The summed E-state index contributed by atoms with van der Waals surface area (Å²) in [5.74, 6) is 0.658. The van der Waals surface area contributed by atoms with Crippen molar-refractivity contribution in [3.05, 3.63) is 53.8 Å². The second-order valence-corrected chi connectivity index (χ2v) is 7.26. The monoisotopic (exact) mass is 336 g/mol. The summed E-state index contributed by atoms with van der Waals surface area (Å²) >= 11 is 0. The van der Waals surface area contributed by atoms with Crippen molar-refractivity contribution in [1.82, 2.24) is 24.6 Å². The molecule has 0 aliphatic heterocycles. The first-order valence-electron chi connectivity index (χ1n) is 8.42. The SMILES string of the molecule is C/C=C(/c1ccn2nccc2n1)c1cnc(NCC(C)(C)C)nc1C. The Hall–Kier alpha value is -2.76. The van der Waals surface area contributed by atoms with Crippen molar-refractivity contribution < 1.29 is 0 Å². The van der Waals surface area contributed by atoms with E-state index >= 15 is 0 Å². The molecule has 6 heteroatoms. The normalized spacial score (nSPS) is 12.6. The van der Waals surface area contributed by atoms with Gasteiger partial charge in [0.15, 0.2) is 5.65 Å². The Morgan fingerprint density at radius 1 is 1.24 bits per heavy atom. The Labute approximate surface area is 148 Å². The van der Waals surface area contributed by atoms with Crippen molar-refractivity contribution in [2.24, 2.45) is 5.41 Å². The minimum atomic E-state index is 0.176. The maximum atomic E-state index is 4.68. The number of hydrogen-bond donors (Lipinski definition) is 1. The molecule has 3 aromatic heterocycles. The van der Waals surface area contributed by atoms with Gasteiger partial charge in [0.1, 0.15) is 0 Å². The summed E-state index contributed by atoms with van der Waals surface area (Å²) in [6, 6.07) is 3.85. The zero-order valence-corrected chi connectivity index (χ0v) is 15.4. The van der Waals surface area contributed by atoms with E-state index in [0.29, 0.717) is 5.95 Å². The molecule has 130 valence electrons. The van der Waals surface area contributed by atoms with E-state index in [4.69, 9.17) is 0 Å². The van der Waals surface area contributed by atoms with Gasteiger partial charge >= 0.3 is 0 Å². The van der Waals surface area contributed by atoms with Crippen LogP contribution >= 0.6 is 0 Å². The average Bonchev–Trinajstić information content (AvgIpc) is 3.02. The third-order valence-corrected chi connectivity index (χ3v) is 3.87. The van der Waals surface area contributed by atoms with Crippen LogP contribution in [0.3, 0.4) is 0 Å². The molecule has 25 heavy (non-hydrogen) atoms. The minimum Gasteiger partial charge on any atom is -0.354 e. The molecule has 3 aromatic rings. The number of aryl methyl sites for hydroxylation is 1. The number of rotatable bonds is 4. The Balaban J connectivity index is 1.90. The van der Waals surface area contributed by atoms with Crippen LogP contribution in [0.1, 0.15) is 44.6 Å². The molecule has 0 bridgehead atoms. The van der Waals surface area contributed by atoms with E-state index < -0.39 is 0 Å². The van der Waals surface area contributed by atoms with Gasteiger partial charge in [-0.1, -0.05) is 26.8 Å². The van der Waals surface area contributed by atoms with E-state index in [9.17, 15) is 0 Å². The number of fused-ring (bicyclic) bond motifs is 1. The third-order valence-electron chi connectivity index (χ3n) is 3.87. The van der Waals surface area contributed by atoms with Gasteiger partial charge in [-0.15, -0.1) is 0 Å². The minimum absolute atomic E-state index is 0.176. The first-order valence-corrected chi connectivity index (χ1v) is 8.42. The van der Waals surface area contributed by atoms with Gasteiger partial charge in [0.05, 0.1) is 17.6 Å². The van der Waals surface area contributed by atoms with Crippen LogP contribution in [0.5, 0.6) is 0 Å². The van der Waals surface area contributed by atoms with E-state index in [1.807, 2.05) is 44.4 Å². The predicted molar refractivity (Wildman–Crippen MR) is 100 cm³/mol. The van der Waals surface area contributed by atoms with E-state index in [1.165, 1.54) is 0 Å². The van der Waals surface area contributed by atoms with Crippen LogP contribution in [0.15, 0.2) is 36.8 Å². The van der Waals surface area contributed by atoms with E-state index in [1.54, 1.807) is 10.7 Å². The van der Waals surface area contributed by atoms with Crippen molar-refractivity contribution in [3.8, 4) is 0 Å². The lowest BCUT2D eigenvalue weighted by Crippen LogP contribution is -2.20. The summed E-state index contributed by atoms with van der Waals surface area (Å²) < 4.78 is 1.75. The molecule has 0 aliphatic rings. The number of nitrogens with one attached hydrogen (secondary N) is 1. The fourth-order valence-electron chi connectivity index (χ4n) is 2.56. The van der Waals surface area contributed by atoms with Crippen LogP contribution < -0.4 is 5.32 Å². The lowest BCUT2D eigenvalue weighted by molar-refractivity contribution is 0.441. The van der Waals surface area contributed by atoms with Gasteiger partial charge in [-0.05, 0) is 25.3 Å². The van der Waals surface area contributed by atoms with Crippen molar-refractivity contribution in [2.45, 2.75) is 34.6 Å². The average molecular weight is 336 g/mol. The topological polar surface area (TPSA) is 68.0 Å². The maximum Gasteiger partial charge on any atom is 0.222 e. The molecular formula is C19H24N6. The van der Waals surface area contributed by atoms with Gasteiger partial charge in [0.2, 0.25) is 5.95 Å². The molecule has 0 atom stereocenters. The van der Waals surface area contributed by atoms with E-state index in [0.717, 1.165) is 34.7 Å². The van der Waals surface area contributed by atoms with E-state index in [-0.39, 0.29) is 5.41 Å². The number of anilines is 1. The summed E-state index contributed by atoms with van der Waals surface area (Å²) in [5, 5.41) is 7.49. The van der Waals surface area contributed by atoms with Gasteiger partial charge in [-0.3, -0.25) is 0 Å². The molecule has 1 N–H and O–H groups in total. The smallest absolute Gasteiger partial charge is 0.222 e. The van der Waals surface area contributed by atoms with Gasteiger partial charge in [-0.25, -0.2) is 19.5 Å². The molecule has 3 heterocycles. The molecule has 0 aromatic carbocycles. The highest BCUT2D eigenvalue weighted by Gasteiger charge is 2.14.